The van der Waals surface area contributed by atoms with Crippen LogP contribution in [0.2, 0.25) is 5.02 Å². The summed E-state index contributed by atoms with van der Waals surface area (Å²) in [7, 11) is 0. The number of hydrogen-bond acceptors (Lipinski definition) is 4. The van der Waals surface area contributed by atoms with Crippen molar-refractivity contribution in [3.63, 3.8) is 0 Å². The standard InChI is InChI=1S/C27H25ClF2N6/c1-17-24-12-22(32-13-19-3-5-20(28)6-4-19)8-10-27(24)36(34-17)18(2)25(14-35-16-31-15-33-35)23-9-7-21(29)11-26(23)30/h3-12,15-16,18,25,32H,13-14H2,1-2H3/t18-,25-/m1/s1. The summed E-state index contributed by atoms with van der Waals surface area (Å²) in [4.78, 5) is 4.01. The van der Waals surface area contributed by atoms with Crippen molar-refractivity contribution >= 4 is 28.2 Å². The lowest BCUT2D eigenvalue weighted by atomic mass is 9.91. The summed E-state index contributed by atoms with van der Waals surface area (Å²) >= 11 is 5.98. The van der Waals surface area contributed by atoms with Crippen LogP contribution in [0.3, 0.4) is 0 Å². The molecule has 0 spiro atoms. The van der Waals surface area contributed by atoms with Gasteiger partial charge in [-0.25, -0.2) is 13.8 Å². The van der Waals surface area contributed by atoms with E-state index < -0.39 is 11.6 Å². The third-order valence-corrected chi connectivity index (χ3v) is 6.73. The van der Waals surface area contributed by atoms with Gasteiger partial charge in [0, 0.05) is 34.6 Å². The molecule has 0 amide bonds. The van der Waals surface area contributed by atoms with Crippen molar-refractivity contribution in [1.82, 2.24) is 24.5 Å². The SMILES string of the molecule is Cc1nn([C@H](C)[C@@H](Cn2cncn2)c2ccc(F)cc2F)c2ccc(NCc3ccc(Cl)cc3)cc12. The number of rotatable bonds is 8. The van der Waals surface area contributed by atoms with Crippen LogP contribution >= 0.6 is 11.6 Å². The topological polar surface area (TPSA) is 60.6 Å². The smallest absolute Gasteiger partial charge is 0.137 e. The van der Waals surface area contributed by atoms with Gasteiger partial charge in [0.1, 0.15) is 24.3 Å². The van der Waals surface area contributed by atoms with E-state index in [0.29, 0.717) is 23.7 Å². The van der Waals surface area contributed by atoms with Crippen LogP contribution in [-0.2, 0) is 13.1 Å². The molecule has 0 aliphatic heterocycles. The maximum absolute atomic E-state index is 14.9. The van der Waals surface area contributed by atoms with Crippen LogP contribution in [0.4, 0.5) is 14.5 Å². The molecule has 1 N–H and O–H groups in total. The van der Waals surface area contributed by atoms with E-state index in [4.69, 9.17) is 16.7 Å². The second kappa shape index (κ2) is 10.1. The lowest BCUT2D eigenvalue weighted by Crippen LogP contribution is -2.22. The first-order valence-corrected chi connectivity index (χ1v) is 12.0. The Morgan fingerprint density at radius 2 is 1.83 bits per heavy atom. The highest BCUT2D eigenvalue weighted by atomic mass is 35.5. The minimum Gasteiger partial charge on any atom is -0.381 e. The summed E-state index contributed by atoms with van der Waals surface area (Å²) in [6.07, 6.45) is 3.03. The summed E-state index contributed by atoms with van der Waals surface area (Å²) in [6, 6.07) is 17.3. The normalized spacial score (nSPS) is 13.1. The van der Waals surface area contributed by atoms with Gasteiger partial charge in [0.15, 0.2) is 0 Å². The first-order chi connectivity index (χ1) is 17.4. The van der Waals surface area contributed by atoms with Crippen molar-refractivity contribution < 1.29 is 8.78 Å². The first kappa shape index (κ1) is 23.9. The van der Waals surface area contributed by atoms with Gasteiger partial charge in [-0.1, -0.05) is 29.8 Å². The molecule has 0 aliphatic carbocycles. The van der Waals surface area contributed by atoms with Gasteiger partial charge in [-0.2, -0.15) is 10.2 Å². The Balaban J connectivity index is 1.46. The van der Waals surface area contributed by atoms with E-state index in [0.717, 1.165) is 33.9 Å². The minimum atomic E-state index is -0.609. The molecule has 9 heteroatoms. The molecule has 5 rings (SSSR count). The monoisotopic (exact) mass is 506 g/mol. The van der Waals surface area contributed by atoms with E-state index in [1.807, 2.05) is 54.9 Å². The zero-order valence-electron chi connectivity index (χ0n) is 19.9. The number of nitrogens with zero attached hydrogens (tertiary/aromatic N) is 5. The number of halogens is 3. The number of aromatic nitrogens is 5. The summed E-state index contributed by atoms with van der Waals surface area (Å²) in [5.41, 5.74) is 4.30. The highest BCUT2D eigenvalue weighted by molar-refractivity contribution is 6.30. The third kappa shape index (κ3) is 4.95. The predicted molar refractivity (Wildman–Crippen MR) is 137 cm³/mol. The molecule has 0 aliphatic rings. The van der Waals surface area contributed by atoms with Gasteiger partial charge in [0.25, 0.3) is 0 Å². The molecule has 0 saturated heterocycles. The largest absolute Gasteiger partial charge is 0.381 e. The Labute approximate surface area is 212 Å². The third-order valence-electron chi connectivity index (χ3n) is 6.48. The molecule has 0 bridgehead atoms. The fourth-order valence-electron chi connectivity index (χ4n) is 4.53. The molecule has 0 radical (unpaired) electrons. The van der Waals surface area contributed by atoms with Gasteiger partial charge in [0.05, 0.1) is 23.8 Å². The van der Waals surface area contributed by atoms with E-state index >= 15 is 0 Å². The predicted octanol–water partition coefficient (Wildman–Crippen LogP) is 6.52. The fourth-order valence-corrected chi connectivity index (χ4v) is 4.66. The number of benzene rings is 3. The molecule has 0 fully saturated rings. The number of hydrogen-bond donors (Lipinski definition) is 1. The first-order valence-electron chi connectivity index (χ1n) is 11.6. The molecule has 36 heavy (non-hydrogen) atoms. The molecule has 184 valence electrons. The Bertz CT molecular complexity index is 1480. The highest BCUT2D eigenvalue weighted by Gasteiger charge is 2.27. The van der Waals surface area contributed by atoms with Gasteiger partial charge >= 0.3 is 0 Å². The van der Waals surface area contributed by atoms with E-state index in [-0.39, 0.29) is 12.0 Å². The van der Waals surface area contributed by atoms with E-state index in [1.165, 1.54) is 18.5 Å². The van der Waals surface area contributed by atoms with Gasteiger partial charge in [-0.05, 0) is 61.4 Å². The van der Waals surface area contributed by atoms with Crippen molar-refractivity contribution in [2.24, 2.45) is 0 Å². The molecule has 0 saturated carbocycles. The van der Waals surface area contributed by atoms with Gasteiger partial charge < -0.3 is 5.32 Å². The maximum Gasteiger partial charge on any atom is 0.137 e. The van der Waals surface area contributed by atoms with Crippen LogP contribution in [0.5, 0.6) is 0 Å². The zero-order valence-corrected chi connectivity index (χ0v) is 20.6. The van der Waals surface area contributed by atoms with Crippen LogP contribution in [0, 0.1) is 18.6 Å². The van der Waals surface area contributed by atoms with Crippen molar-refractivity contribution in [3.05, 3.63) is 107 Å². The Morgan fingerprint density at radius 3 is 2.56 bits per heavy atom. The quantitative estimate of drug-likeness (QED) is 0.260. The van der Waals surface area contributed by atoms with Crippen molar-refractivity contribution in [2.45, 2.75) is 38.9 Å². The lowest BCUT2D eigenvalue weighted by Gasteiger charge is -2.26. The average Bonchev–Trinajstić information content (AvgIpc) is 3.50. The van der Waals surface area contributed by atoms with Gasteiger partial charge in [0.2, 0.25) is 0 Å². The Kier molecular flexibility index (Phi) is 6.69. The summed E-state index contributed by atoms with van der Waals surface area (Å²) < 4.78 is 32.1. The number of aryl methyl sites for hydroxylation is 1. The van der Waals surface area contributed by atoms with Crippen molar-refractivity contribution in [1.29, 1.82) is 0 Å². The molecule has 6 nitrogen and oxygen atoms in total. The van der Waals surface area contributed by atoms with Crippen LogP contribution in [0.15, 0.2) is 73.3 Å². The van der Waals surface area contributed by atoms with Crippen LogP contribution in [-0.4, -0.2) is 24.5 Å². The molecule has 5 aromatic rings. The van der Waals surface area contributed by atoms with Crippen molar-refractivity contribution in [2.75, 3.05) is 5.32 Å². The molecule has 2 heterocycles. The molecule has 3 aromatic carbocycles. The van der Waals surface area contributed by atoms with E-state index in [9.17, 15) is 8.78 Å². The van der Waals surface area contributed by atoms with E-state index in [2.05, 4.69) is 21.5 Å². The molecule has 0 unspecified atom stereocenters. The van der Waals surface area contributed by atoms with Crippen molar-refractivity contribution in [3.8, 4) is 0 Å². The number of fused-ring (bicyclic) bond motifs is 1. The maximum atomic E-state index is 14.9. The lowest BCUT2D eigenvalue weighted by molar-refractivity contribution is 0.356. The molecule has 2 aromatic heterocycles. The zero-order chi connectivity index (χ0) is 25.2. The Morgan fingerprint density at radius 1 is 1.03 bits per heavy atom. The van der Waals surface area contributed by atoms with Crippen LogP contribution < -0.4 is 5.32 Å². The summed E-state index contributed by atoms with van der Waals surface area (Å²) in [5.74, 6) is -1.56. The van der Waals surface area contributed by atoms with Crippen LogP contribution in [0.1, 0.15) is 35.7 Å². The molecular weight excluding hydrogens is 482 g/mol. The Hall–Kier alpha value is -3.78. The average molecular weight is 507 g/mol. The van der Waals surface area contributed by atoms with E-state index in [1.54, 1.807) is 11.0 Å². The van der Waals surface area contributed by atoms with Gasteiger partial charge in [-0.3, -0.25) is 9.36 Å². The number of anilines is 1. The fraction of sp³-hybridized carbons (Fsp3) is 0.222. The number of nitrogens with one attached hydrogen (secondary N) is 1. The van der Waals surface area contributed by atoms with Gasteiger partial charge in [-0.15, -0.1) is 0 Å². The second-order valence-electron chi connectivity index (χ2n) is 8.87. The minimum absolute atomic E-state index is 0.252. The molecular formula is C27H25ClF2N6. The summed E-state index contributed by atoms with van der Waals surface area (Å²) in [5, 5.41) is 14.2. The summed E-state index contributed by atoms with van der Waals surface area (Å²) in [6.45, 7) is 4.98. The van der Waals surface area contributed by atoms with Crippen LogP contribution in [0.25, 0.3) is 10.9 Å². The second-order valence-corrected chi connectivity index (χ2v) is 9.31. The highest BCUT2D eigenvalue weighted by Crippen LogP contribution is 2.35. The molecule has 2 atom stereocenters.